The van der Waals surface area contributed by atoms with E-state index in [1.165, 1.54) is 19.2 Å². The third-order valence-corrected chi connectivity index (χ3v) is 5.64. The van der Waals surface area contributed by atoms with Crippen LogP contribution in [0.2, 0.25) is 0 Å². The van der Waals surface area contributed by atoms with E-state index in [-0.39, 0.29) is 18.0 Å². The molecule has 0 spiro atoms. The van der Waals surface area contributed by atoms with Crippen molar-refractivity contribution in [2.45, 2.75) is 32.6 Å². The van der Waals surface area contributed by atoms with Crippen molar-refractivity contribution in [2.75, 3.05) is 20.2 Å². The molecule has 1 aromatic rings. The van der Waals surface area contributed by atoms with Crippen LogP contribution in [0.3, 0.4) is 0 Å². The van der Waals surface area contributed by atoms with Gasteiger partial charge in [-0.3, -0.25) is 4.79 Å². The summed E-state index contributed by atoms with van der Waals surface area (Å²) in [5.74, 6) is 4.13. The van der Waals surface area contributed by atoms with Gasteiger partial charge in [0.15, 0.2) is 0 Å². The van der Waals surface area contributed by atoms with Gasteiger partial charge >= 0.3 is 5.97 Å². The first-order chi connectivity index (χ1) is 11.5. The molecule has 7 heteroatoms. The Morgan fingerprint density at radius 3 is 2.28 bits per heavy atom. The summed E-state index contributed by atoms with van der Waals surface area (Å²) in [6.45, 7) is 7.16. The number of hydrogen-bond acceptors (Lipinski definition) is 4. The van der Waals surface area contributed by atoms with Gasteiger partial charge < -0.3 is 9.84 Å². The number of benzene rings is 1. The molecule has 6 nitrogen and oxygen atoms in total. The fraction of sp³-hybridized carbons (Fsp3) is 0.500. The Kier molecular flexibility index (Phi) is 7.03. The summed E-state index contributed by atoms with van der Waals surface area (Å²) in [5, 5.41) is 9.38. The first kappa shape index (κ1) is 21.0. The minimum absolute atomic E-state index is 0.0852. The van der Waals surface area contributed by atoms with E-state index >= 15 is 0 Å². The zero-order chi connectivity index (χ0) is 19.3. The molecular weight excluding hydrogens is 342 g/mol. The minimum Gasteiger partial charge on any atom is -0.481 e. The van der Waals surface area contributed by atoms with Crippen LogP contribution in [0.4, 0.5) is 0 Å². The summed E-state index contributed by atoms with van der Waals surface area (Å²) < 4.78 is 31.8. The van der Waals surface area contributed by atoms with Crippen molar-refractivity contribution in [3.05, 3.63) is 24.3 Å². The number of ether oxygens (including phenoxy) is 1. The number of aliphatic carboxylic acids is 1. The molecule has 0 heterocycles. The van der Waals surface area contributed by atoms with E-state index in [0.29, 0.717) is 5.75 Å². The average molecular weight is 367 g/mol. The van der Waals surface area contributed by atoms with Crippen LogP contribution < -0.4 is 4.74 Å². The molecule has 0 amide bonds. The number of carbonyl (C=O) groups is 1. The van der Waals surface area contributed by atoms with Gasteiger partial charge in [-0.1, -0.05) is 26.7 Å². The van der Waals surface area contributed by atoms with Crippen LogP contribution in [0.25, 0.3) is 0 Å². The number of carboxylic acid groups (broad SMARTS) is 1. The van der Waals surface area contributed by atoms with E-state index in [0.717, 1.165) is 4.31 Å². The lowest BCUT2D eigenvalue weighted by Crippen LogP contribution is -2.40. The summed E-state index contributed by atoms with van der Waals surface area (Å²) in [6, 6.07) is 5.98. The van der Waals surface area contributed by atoms with Gasteiger partial charge in [-0.25, -0.2) is 12.7 Å². The van der Waals surface area contributed by atoms with Gasteiger partial charge in [0.05, 0.1) is 10.8 Å². The summed E-state index contributed by atoms with van der Waals surface area (Å²) in [5.41, 5.74) is -0.562. The molecular formula is C18H25NO5S. The summed E-state index contributed by atoms with van der Waals surface area (Å²) in [4.78, 5) is 11.6. The highest BCUT2D eigenvalue weighted by molar-refractivity contribution is 7.89. The van der Waals surface area contributed by atoms with Gasteiger partial charge in [0.2, 0.25) is 10.0 Å². The maximum atomic E-state index is 12.7. The summed E-state index contributed by atoms with van der Waals surface area (Å²) in [6.07, 6.45) is 0. The van der Waals surface area contributed by atoms with E-state index in [2.05, 4.69) is 11.8 Å². The number of nitrogens with zero attached hydrogens (tertiary/aromatic N) is 1. The van der Waals surface area contributed by atoms with Crippen LogP contribution in [0, 0.1) is 23.2 Å². The minimum atomic E-state index is -3.78. The molecule has 1 atom stereocenters. The molecule has 0 aliphatic rings. The van der Waals surface area contributed by atoms with E-state index in [4.69, 9.17) is 4.74 Å². The van der Waals surface area contributed by atoms with Crippen LogP contribution in [-0.2, 0) is 14.8 Å². The van der Waals surface area contributed by atoms with Crippen molar-refractivity contribution in [1.29, 1.82) is 0 Å². The van der Waals surface area contributed by atoms with Crippen molar-refractivity contribution in [3.8, 4) is 17.6 Å². The maximum absolute atomic E-state index is 12.7. The third-order valence-electron chi connectivity index (χ3n) is 3.80. The second-order valence-electron chi connectivity index (χ2n) is 6.73. The summed E-state index contributed by atoms with van der Waals surface area (Å²) >= 11 is 0. The normalized spacial score (nSPS) is 13.0. The Morgan fingerprint density at radius 2 is 1.84 bits per heavy atom. The van der Waals surface area contributed by atoms with Crippen molar-refractivity contribution in [3.63, 3.8) is 0 Å². The smallest absolute Gasteiger partial charge is 0.308 e. The Bertz CT molecular complexity index is 751. The van der Waals surface area contributed by atoms with Crippen molar-refractivity contribution in [2.24, 2.45) is 11.3 Å². The van der Waals surface area contributed by atoms with E-state index in [1.54, 1.807) is 39.8 Å². The molecule has 0 saturated carbocycles. The van der Waals surface area contributed by atoms with Gasteiger partial charge in [-0.2, -0.15) is 0 Å². The highest BCUT2D eigenvalue weighted by Gasteiger charge is 2.35. The lowest BCUT2D eigenvalue weighted by molar-refractivity contribution is -0.145. The lowest BCUT2D eigenvalue weighted by atomic mass is 9.81. The van der Waals surface area contributed by atoms with Gasteiger partial charge in [-0.05, 0) is 36.6 Å². The molecule has 0 bridgehead atoms. The van der Waals surface area contributed by atoms with Crippen molar-refractivity contribution in [1.82, 2.24) is 4.31 Å². The number of carboxylic acids is 1. The van der Waals surface area contributed by atoms with Gasteiger partial charge in [-0.15, -0.1) is 5.92 Å². The largest absolute Gasteiger partial charge is 0.481 e. The van der Waals surface area contributed by atoms with Crippen LogP contribution in [0.15, 0.2) is 29.2 Å². The first-order valence-corrected chi connectivity index (χ1v) is 9.25. The van der Waals surface area contributed by atoms with Crippen LogP contribution in [-0.4, -0.2) is 44.0 Å². The van der Waals surface area contributed by atoms with Crippen LogP contribution in [0.5, 0.6) is 5.75 Å². The number of rotatable bonds is 7. The van der Waals surface area contributed by atoms with E-state index in [1.807, 2.05) is 0 Å². The molecule has 1 N–H and O–H groups in total. The topological polar surface area (TPSA) is 83.9 Å². The standard InChI is InChI=1S/C18H25NO5S/c1-6-7-12-24-14-8-10-15(11-9-14)25(22,23)19(5)13-16(17(20)21)18(2,3)4/h8-11,16H,12-13H2,1-5H3,(H,20,21). The fourth-order valence-electron chi connectivity index (χ4n) is 2.16. The van der Waals surface area contributed by atoms with Crippen LogP contribution in [0.1, 0.15) is 27.7 Å². The fourth-order valence-corrected chi connectivity index (χ4v) is 3.34. The molecule has 0 aliphatic heterocycles. The average Bonchev–Trinajstić information content (AvgIpc) is 2.51. The maximum Gasteiger partial charge on any atom is 0.308 e. The first-order valence-electron chi connectivity index (χ1n) is 7.81. The Morgan fingerprint density at radius 1 is 1.28 bits per heavy atom. The molecule has 0 fully saturated rings. The van der Waals surface area contributed by atoms with Crippen molar-refractivity contribution >= 4 is 16.0 Å². The number of hydrogen-bond donors (Lipinski definition) is 1. The quantitative estimate of drug-likeness (QED) is 0.749. The molecule has 0 saturated heterocycles. The predicted octanol–water partition coefficient (Wildman–Crippen LogP) is 2.46. The monoisotopic (exact) mass is 367 g/mol. The Labute approximate surface area is 149 Å². The van der Waals surface area contributed by atoms with Gasteiger partial charge in [0, 0.05) is 13.6 Å². The Hall–Kier alpha value is -2.04. The molecule has 0 aliphatic carbocycles. The zero-order valence-corrected chi connectivity index (χ0v) is 16.1. The molecule has 138 valence electrons. The highest BCUT2D eigenvalue weighted by atomic mass is 32.2. The van der Waals surface area contributed by atoms with E-state index < -0.39 is 27.3 Å². The molecule has 25 heavy (non-hydrogen) atoms. The SMILES string of the molecule is CC#CCOc1ccc(S(=O)(=O)N(C)CC(C(=O)O)C(C)(C)C)cc1. The predicted molar refractivity (Wildman–Crippen MR) is 95.8 cm³/mol. The number of sulfonamides is 1. The highest BCUT2D eigenvalue weighted by Crippen LogP contribution is 2.28. The van der Waals surface area contributed by atoms with E-state index in [9.17, 15) is 18.3 Å². The van der Waals surface area contributed by atoms with Crippen LogP contribution >= 0.6 is 0 Å². The Balaban J connectivity index is 2.95. The molecule has 0 aromatic heterocycles. The molecule has 1 rings (SSSR count). The summed E-state index contributed by atoms with van der Waals surface area (Å²) in [7, 11) is -2.40. The zero-order valence-electron chi connectivity index (χ0n) is 15.2. The third kappa shape index (κ3) is 5.76. The molecule has 1 aromatic carbocycles. The van der Waals surface area contributed by atoms with Gasteiger partial charge in [0.25, 0.3) is 0 Å². The lowest BCUT2D eigenvalue weighted by Gasteiger charge is -2.30. The van der Waals surface area contributed by atoms with Crippen molar-refractivity contribution < 1.29 is 23.1 Å². The second-order valence-corrected chi connectivity index (χ2v) is 8.77. The molecule has 1 unspecified atom stereocenters. The van der Waals surface area contributed by atoms with Gasteiger partial charge in [0.1, 0.15) is 12.4 Å². The molecule has 0 radical (unpaired) electrons. The second kappa shape index (κ2) is 8.37.